The SMILES string of the molecule is CC(C)(C)OC(=O)N1CCC(O)C(F)(F)C1.CCOC(=O)C1C(CN2CCC(OC)C(F)(F)C2)NC(c2nccs2)=N[C@H]1c1ccc(F)cc1Cl.COC1CCCCC1(F)F.COC1CCN(C(=O)OC(C)(C)C)CC1(F)F. The van der Waals surface area contributed by atoms with Crippen molar-refractivity contribution in [2.24, 2.45) is 10.9 Å². The first-order valence-corrected chi connectivity index (χ1v) is 26.7. The minimum Gasteiger partial charge on any atom is -0.466 e. The van der Waals surface area contributed by atoms with Crippen molar-refractivity contribution in [1.29, 1.82) is 0 Å². The molecule has 1 aromatic heterocycles. The molecule has 6 unspecified atom stereocenters. The molecule has 1 aromatic carbocycles. The van der Waals surface area contributed by atoms with Crippen LogP contribution in [0.3, 0.4) is 0 Å². The molecule has 2 N–H and O–H groups in total. The van der Waals surface area contributed by atoms with Gasteiger partial charge in [0.2, 0.25) is 0 Å². The Hall–Kier alpha value is -4.21. The molecule has 1 aliphatic carbocycles. The number of aromatic nitrogens is 1. The molecule has 4 fully saturated rings. The number of methoxy groups -OCH3 is 3. The van der Waals surface area contributed by atoms with Crippen LogP contribution < -0.4 is 5.32 Å². The van der Waals surface area contributed by atoms with Crippen molar-refractivity contribution in [2.75, 3.05) is 73.7 Å². The van der Waals surface area contributed by atoms with Gasteiger partial charge in [0, 0.05) is 70.5 Å². The van der Waals surface area contributed by atoms with Crippen LogP contribution in [-0.2, 0) is 33.2 Å². The van der Waals surface area contributed by atoms with E-state index in [0.29, 0.717) is 35.8 Å². The fourth-order valence-corrected chi connectivity index (χ4v) is 9.94. The molecule has 5 aliphatic rings. The smallest absolute Gasteiger partial charge is 0.410 e. The van der Waals surface area contributed by atoms with E-state index >= 15 is 0 Å². The Kier molecular flexibility index (Phi) is 23.8. The van der Waals surface area contributed by atoms with E-state index in [1.165, 1.54) is 44.8 Å². The van der Waals surface area contributed by atoms with E-state index in [0.717, 1.165) is 22.3 Å². The fraction of sp³-hybridized carbons (Fsp3) is 0.745. The number of aliphatic hydroxyl groups excluding tert-OH is 1. The van der Waals surface area contributed by atoms with Crippen LogP contribution >= 0.6 is 22.9 Å². The highest BCUT2D eigenvalue weighted by Gasteiger charge is 2.50. The Morgan fingerprint density at radius 2 is 1.31 bits per heavy atom. The van der Waals surface area contributed by atoms with Crippen LogP contribution in [0.2, 0.25) is 5.02 Å². The summed E-state index contributed by atoms with van der Waals surface area (Å²) in [5, 5.41) is 14.7. The maximum absolute atomic E-state index is 14.6. The van der Waals surface area contributed by atoms with Gasteiger partial charge in [-0.05, 0) is 98.3 Å². The van der Waals surface area contributed by atoms with Crippen molar-refractivity contribution >= 4 is 46.9 Å². The van der Waals surface area contributed by atoms with Gasteiger partial charge in [-0.3, -0.25) is 14.7 Å². The largest absolute Gasteiger partial charge is 0.466 e. The molecule has 78 heavy (non-hydrogen) atoms. The zero-order valence-electron chi connectivity index (χ0n) is 45.6. The maximum Gasteiger partial charge on any atom is 0.410 e. The van der Waals surface area contributed by atoms with E-state index in [-0.39, 0.29) is 56.9 Å². The summed E-state index contributed by atoms with van der Waals surface area (Å²) in [6, 6.07) is 2.41. The van der Waals surface area contributed by atoms with Gasteiger partial charge >= 0.3 is 18.2 Å². The van der Waals surface area contributed by atoms with Gasteiger partial charge < -0.3 is 48.6 Å². The third-order valence-corrected chi connectivity index (χ3v) is 14.0. The summed E-state index contributed by atoms with van der Waals surface area (Å²) >= 11 is 7.71. The predicted octanol–water partition coefficient (Wildman–Crippen LogP) is 10.0. The van der Waals surface area contributed by atoms with Crippen LogP contribution in [0.15, 0.2) is 34.8 Å². The average molecular weight is 1170 g/mol. The lowest BCUT2D eigenvalue weighted by molar-refractivity contribution is -0.164. The highest BCUT2D eigenvalue weighted by atomic mass is 35.5. The molecule has 3 saturated heterocycles. The Bertz CT molecular complexity index is 2280. The second kappa shape index (κ2) is 28.0. The molecule has 7 rings (SSSR count). The monoisotopic (exact) mass is 1170 g/mol. The number of carbonyl (C=O) groups is 3. The third-order valence-electron chi connectivity index (χ3n) is 12.9. The average Bonchev–Trinajstić information content (AvgIpc) is 3.87. The van der Waals surface area contributed by atoms with Gasteiger partial charge in [0.05, 0.1) is 38.3 Å². The fourth-order valence-electron chi connectivity index (χ4n) is 9.06. The number of benzene rings is 1. The molecule has 0 radical (unpaired) electrons. The Labute approximate surface area is 458 Å². The van der Waals surface area contributed by atoms with E-state index in [1.807, 2.05) is 0 Å². The standard InChI is InChI=1S/C23H26ClF3N4O3S.C11H19F2NO3.C10H17F2NO3.C7H12F2O/c1-3-34-22(32)18-16(11-31-8-6-17(33-2)23(26,27)12-31)29-20(21-28-7-9-35-21)30-19(18)14-5-4-13(25)10-15(14)24;1-10(2,3)17-9(15)14-6-5-8(16-4)11(12,13)7-14;1-9(2,3)16-8(15)13-5-4-7(14)10(11,12)6-13;1-10-6-4-2-3-5-7(6,8)9/h4-5,7,9-10,16-19H,3,6,8,11-12H2,1-2H3,(H,29,30);8H,5-7H2,1-4H3;7,14H,4-6H2,1-3H3;6H,2-5H2,1H3/t16?,17?,18?,19-;;;/m0.../s1. The minimum absolute atomic E-state index is 0.00843. The second-order valence-electron chi connectivity index (χ2n) is 21.3. The number of rotatable bonds is 9. The molecule has 5 heterocycles. The summed E-state index contributed by atoms with van der Waals surface area (Å²) in [5.41, 5.74) is -0.942. The summed E-state index contributed by atoms with van der Waals surface area (Å²) in [6.45, 7) is 10.8. The first-order chi connectivity index (χ1) is 36.2. The lowest BCUT2D eigenvalue weighted by atomic mass is 9.84. The van der Waals surface area contributed by atoms with Crippen molar-refractivity contribution in [1.82, 2.24) is 25.0 Å². The lowest BCUT2D eigenvalue weighted by Gasteiger charge is -2.42. The molecular weight excluding hydrogens is 1100 g/mol. The zero-order valence-corrected chi connectivity index (χ0v) is 47.2. The number of aliphatic hydroxyl groups is 1. The number of aliphatic imine (C=N–C) groups is 1. The van der Waals surface area contributed by atoms with Crippen molar-refractivity contribution in [3.05, 3.63) is 51.2 Å². The first kappa shape index (κ1) is 66.3. The van der Waals surface area contributed by atoms with Crippen molar-refractivity contribution < 1.29 is 87.4 Å². The summed E-state index contributed by atoms with van der Waals surface area (Å²) in [6.07, 6.45) is -2.50. The van der Waals surface area contributed by atoms with Crippen LogP contribution in [-0.4, -0.2) is 188 Å². The normalized spacial score (nSPS) is 26.6. The number of piperidine rings is 3. The Morgan fingerprint density at radius 1 is 0.769 bits per heavy atom. The number of halogens is 10. The van der Waals surface area contributed by atoms with E-state index in [2.05, 4.69) is 15.0 Å². The van der Waals surface area contributed by atoms with Gasteiger partial charge in [0.25, 0.3) is 23.7 Å². The van der Waals surface area contributed by atoms with Crippen molar-refractivity contribution in [3.63, 3.8) is 0 Å². The van der Waals surface area contributed by atoms with Gasteiger partial charge in [0.1, 0.15) is 47.4 Å². The maximum atomic E-state index is 14.6. The first-order valence-electron chi connectivity index (χ1n) is 25.5. The molecule has 444 valence electrons. The number of alkyl halides is 8. The highest BCUT2D eigenvalue weighted by Crippen LogP contribution is 2.40. The Morgan fingerprint density at radius 3 is 1.77 bits per heavy atom. The number of amides is 2. The summed E-state index contributed by atoms with van der Waals surface area (Å²) in [5.74, 6) is -13.4. The van der Waals surface area contributed by atoms with Crippen LogP contribution in [0, 0.1) is 11.7 Å². The number of likely N-dealkylation sites (tertiary alicyclic amines) is 3. The quantitative estimate of drug-likeness (QED) is 0.138. The van der Waals surface area contributed by atoms with E-state index in [9.17, 15) is 53.9 Å². The van der Waals surface area contributed by atoms with Crippen LogP contribution in [0.1, 0.15) is 110 Å². The van der Waals surface area contributed by atoms with Gasteiger partial charge in [-0.2, -0.15) is 0 Å². The number of hydrogen-bond donors (Lipinski definition) is 2. The summed E-state index contributed by atoms with van der Waals surface area (Å²) in [7, 11) is 3.88. The van der Waals surface area contributed by atoms with E-state index in [4.69, 9.17) is 45.4 Å². The molecule has 0 spiro atoms. The molecule has 2 amide bonds. The van der Waals surface area contributed by atoms with Gasteiger partial charge in [0.15, 0.2) is 10.8 Å². The number of thiazole rings is 1. The molecular formula is C51H74ClF9N6O10S. The number of ether oxygens (including phenoxy) is 6. The Balaban J connectivity index is 0.000000254. The van der Waals surface area contributed by atoms with Crippen LogP contribution in [0.4, 0.5) is 49.1 Å². The number of amidine groups is 1. The molecule has 7 atom stereocenters. The predicted molar refractivity (Wildman–Crippen MR) is 272 cm³/mol. The molecule has 2 aromatic rings. The number of nitrogens with one attached hydrogen (secondary N) is 1. The molecule has 16 nitrogen and oxygen atoms in total. The molecule has 0 bridgehead atoms. The number of hydrogen-bond acceptors (Lipinski definition) is 15. The number of nitrogens with zero attached hydrogens (tertiary/aromatic N) is 5. The minimum atomic E-state index is -3.25. The summed E-state index contributed by atoms with van der Waals surface area (Å²) in [4.78, 5) is 48.9. The van der Waals surface area contributed by atoms with E-state index < -0.39 is 121 Å². The zero-order chi connectivity index (χ0) is 58.6. The number of carbonyl (C=O) groups excluding carboxylic acids is 3. The van der Waals surface area contributed by atoms with Crippen molar-refractivity contribution in [3.8, 4) is 0 Å². The van der Waals surface area contributed by atoms with Gasteiger partial charge in [-0.1, -0.05) is 24.1 Å². The van der Waals surface area contributed by atoms with Gasteiger partial charge in [-0.15, -0.1) is 11.3 Å². The van der Waals surface area contributed by atoms with Crippen molar-refractivity contribution in [2.45, 2.75) is 165 Å². The molecule has 1 saturated carbocycles. The number of esters is 1. The second-order valence-corrected chi connectivity index (χ2v) is 22.6. The van der Waals surface area contributed by atoms with Crippen LogP contribution in [0.5, 0.6) is 0 Å². The van der Waals surface area contributed by atoms with Crippen LogP contribution in [0.25, 0.3) is 0 Å². The topological polar surface area (TPSA) is 174 Å². The molecule has 4 aliphatic heterocycles. The lowest BCUT2D eigenvalue weighted by Crippen LogP contribution is -2.59. The third kappa shape index (κ3) is 19.2. The summed E-state index contributed by atoms with van der Waals surface area (Å²) < 4.78 is 152. The van der Waals surface area contributed by atoms with E-state index in [1.54, 1.807) is 64.9 Å². The molecule has 27 heteroatoms. The van der Waals surface area contributed by atoms with Gasteiger partial charge in [-0.25, -0.2) is 54.1 Å². The highest BCUT2D eigenvalue weighted by molar-refractivity contribution is 7.11.